The van der Waals surface area contributed by atoms with Crippen LogP contribution in [0.4, 0.5) is 0 Å². The normalized spacial score (nSPS) is 24.5. The highest BCUT2D eigenvalue weighted by Gasteiger charge is 2.51. The van der Waals surface area contributed by atoms with Gasteiger partial charge in [-0.15, -0.1) is 0 Å². The first kappa shape index (κ1) is 74.1. The Bertz CT molecular complexity index is 1530. The third-order valence-electron chi connectivity index (χ3n) is 16.0. The van der Waals surface area contributed by atoms with Gasteiger partial charge >= 0.3 is 0 Å². The number of ether oxygens (including phenoxy) is 4. The second-order valence-corrected chi connectivity index (χ2v) is 23.2. The van der Waals surface area contributed by atoms with Gasteiger partial charge in [0.05, 0.1) is 32.0 Å². The van der Waals surface area contributed by atoms with Crippen LogP contribution in [0.2, 0.25) is 0 Å². The van der Waals surface area contributed by atoms with E-state index in [1.807, 2.05) is 6.08 Å². The molecule has 0 spiro atoms. The Balaban J connectivity index is 1.62. The van der Waals surface area contributed by atoms with Crippen LogP contribution in [0.25, 0.3) is 0 Å². The lowest BCUT2D eigenvalue weighted by atomic mass is 9.97. The molecule has 2 aliphatic heterocycles. The Hall–Kier alpha value is -2.05. The topological polar surface area (TPSA) is 228 Å². The molecule has 468 valence electrons. The van der Waals surface area contributed by atoms with E-state index in [4.69, 9.17) is 18.9 Å². The fraction of sp³-hybridized carbons (Fsp3) is 0.864. The molecule has 0 aromatic rings. The van der Waals surface area contributed by atoms with E-state index in [0.717, 1.165) is 38.5 Å². The Morgan fingerprint density at radius 3 is 1.30 bits per heavy atom. The summed E-state index contributed by atoms with van der Waals surface area (Å²) < 4.78 is 22.8. The Kier molecular flexibility index (Phi) is 47.6. The van der Waals surface area contributed by atoms with Gasteiger partial charge in [-0.1, -0.05) is 249 Å². The molecule has 0 radical (unpaired) electrons. The van der Waals surface area contributed by atoms with Crippen molar-refractivity contribution < 1.29 is 64.6 Å². The molecule has 1 amide bonds. The van der Waals surface area contributed by atoms with Crippen molar-refractivity contribution in [3.63, 3.8) is 0 Å². The number of rotatable bonds is 53. The Labute approximate surface area is 486 Å². The smallest absolute Gasteiger partial charge is 0.220 e. The molecule has 2 aliphatic rings. The van der Waals surface area contributed by atoms with Crippen molar-refractivity contribution in [1.29, 1.82) is 0 Å². The summed E-state index contributed by atoms with van der Waals surface area (Å²) in [5.41, 5.74) is 0. The van der Waals surface area contributed by atoms with Gasteiger partial charge in [0, 0.05) is 6.42 Å². The van der Waals surface area contributed by atoms with Gasteiger partial charge in [-0.2, -0.15) is 0 Å². The molecule has 0 bridgehead atoms. The standard InChI is InChI=1S/C66H121NO13/c1-3-5-7-9-11-13-15-17-18-19-20-21-22-23-24-25-26-27-28-29-30-31-32-33-34-35-36-38-40-42-44-46-48-50-58(71)67-54(55(70)49-47-45-43-41-39-37-16-14-12-10-8-6-4-2)53-77-65-63(76)61(74)64(57(52-69)79-65)80-66-62(75)60(73)59(72)56(51-68)78-66/h15,17,19-20,39,41,47,49,54-57,59-66,68-70,72-76H,3-14,16,18,21-38,40,42-46,48,50-53H2,1-2H3,(H,67,71)/b17-15-,20-19-,41-39+,49-47+. The number of unbranched alkanes of at least 4 members (excludes halogenated alkanes) is 34. The minimum Gasteiger partial charge on any atom is -0.394 e. The molecule has 0 aliphatic carbocycles. The summed E-state index contributed by atoms with van der Waals surface area (Å²) in [5, 5.41) is 87.1. The zero-order valence-electron chi connectivity index (χ0n) is 50.6. The van der Waals surface area contributed by atoms with Crippen LogP contribution in [0.15, 0.2) is 48.6 Å². The maximum Gasteiger partial charge on any atom is 0.220 e. The highest BCUT2D eigenvalue weighted by atomic mass is 16.7. The van der Waals surface area contributed by atoms with Crippen LogP contribution in [0, 0.1) is 0 Å². The lowest BCUT2D eigenvalue weighted by Crippen LogP contribution is -2.65. The number of aliphatic hydroxyl groups is 8. The summed E-state index contributed by atoms with van der Waals surface area (Å²) in [5.74, 6) is -0.247. The highest BCUT2D eigenvalue weighted by molar-refractivity contribution is 5.76. The molecule has 14 heteroatoms. The van der Waals surface area contributed by atoms with E-state index in [0.29, 0.717) is 12.8 Å². The quantitative estimate of drug-likeness (QED) is 0.0204. The van der Waals surface area contributed by atoms with Gasteiger partial charge < -0.3 is 65.1 Å². The molecule has 14 nitrogen and oxygen atoms in total. The van der Waals surface area contributed by atoms with Gasteiger partial charge in [-0.3, -0.25) is 4.79 Å². The van der Waals surface area contributed by atoms with Crippen molar-refractivity contribution in [2.75, 3.05) is 19.8 Å². The molecular weight excluding hydrogens is 1010 g/mol. The van der Waals surface area contributed by atoms with E-state index in [-0.39, 0.29) is 18.9 Å². The molecule has 2 rings (SSSR count). The molecule has 80 heavy (non-hydrogen) atoms. The van der Waals surface area contributed by atoms with Crippen LogP contribution >= 0.6 is 0 Å². The van der Waals surface area contributed by atoms with Gasteiger partial charge in [0.25, 0.3) is 0 Å². The fourth-order valence-electron chi connectivity index (χ4n) is 10.7. The van der Waals surface area contributed by atoms with Crippen LogP contribution in [-0.2, 0) is 23.7 Å². The first-order valence-electron chi connectivity index (χ1n) is 32.9. The molecule has 0 aromatic carbocycles. The summed E-state index contributed by atoms with van der Waals surface area (Å²) in [6.45, 7) is 2.77. The lowest BCUT2D eigenvalue weighted by Gasteiger charge is -2.46. The SMILES string of the molecule is CCCCCCC/C=C\C/C=C\CCCCCCCCCCCCCCCCCCCCCCCC(=O)NC(COC1OC(CO)C(OC2OC(CO)C(O)C(O)C2O)C(O)C1O)C(O)/C=C/CC/C=C/CCCCCCCCC. The maximum atomic E-state index is 13.3. The molecule has 12 unspecified atom stereocenters. The van der Waals surface area contributed by atoms with Crippen molar-refractivity contribution in [2.24, 2.45) is 0 Å². The van der Waals surface area contributed by atoms with Crippen LogP contribution in [0.1, 0.15) is 271 Å². The van der Waals surface area contributed by atoms with Crippen molar-refractivity contribution in [3.8, 4) is 0 Å². The third-order valence-corrected chi connectivity index (χ3v) is 16.0. The first-order valence-corrected chi connectivity index (χ1v) is 32.9. The van der Waals surface area contributed by atoms with Crippen molar-refractivity contribution in [2.45, 2.75) is 344 Å². The molecule has 2 fully saturated rings. The number of hydrogen-bond acceptors (Lipinski definition) is 13. The number of allylic oxidation sites excluding steroid dienone is 7. The second kappa shape index (κ2) is 51.4. The Morgan fingerprint density at radius 1 is 0.450 bits per heavy atom. The summed E-state index contributed by atoms with van der Waals surface area (Å²) in [4.78, 5) is 13.3. The Morgan fingerprint density at radius 2 is 0.838 bits per heavy atom. The minimum absolute atomic E-state index is 0.247. The largest absolute Gasteiger partial charge is 0.394 e. The number of amides is 1. The summed E-state index contributed by atoms with van der Waals surface area (Å²) in [6.07, 6.45) is 49.0. The molecule has 0 aromatic heterocycles. The first-order chi connectivity index (χ1) is 39.1. The summed E-state index contributed by atoms with van der Waals surface area (Å²) in [6, 6.07) is -0.930. The molecule has 12 atom stereocenters. The van der Waals surface area contributed by atoms with Gasteiger partial charge in [0.2, 0.25) is 5.91 Å². The number of nitrogens with one attached hydrogen (secondary N) is 1. The van der Waals surface area contributed by atoms with Gasteiger partial charge in [0.1, 0.15) is 48.8 Å². The van der Waals surface area contributed by atoms with Crippen LogP contribution in [0.5, 0.6) is 0 Å². The van der Waals surface area contributed by atoms with Gasteiger partial charge in [-0.05, 0) is 64.2 Å². The van der Waals surface area contributed by atoms with Crippen LogP contribution < -0.4 is 5.32 Å². The predicted octanol–water partition coefficient (Wildman–Crippen LogP) is 12.3. The van der Waals surface area contributed by atoms with E-state index >= 15 is 0 Å². The number of carbonyl (C=O) groups is 1. The zero-order valence-corrected chi connectivity index (χ0v) is 50.6. The van der Waals surface area contributed by atoms with Crippen molar-refractivity contribution in [1.82, 2.24) is 5.32 Å². The minimum atomic E-state index is -1.79. The molecule has 9 N–H and O–H groups in total. The summed E-state index contributed by atoms with van der Waals surface area (Å²) in [7, 11) is 0. The van der Waals surface area contributed by atoms with E-state index < -0.39 is 86.8 Å². The average molecular weight is 1140 g/mol. The highest BCUT2D eigenvalue weighted by Crippen LogP contribution is 2.30. The lowest BCUT2D eigenvalue weighted by molar-refractivity contribution is -0.359. The van der Waals surface area contributed by atoms with Crippen molar-refractivity contribution in [3.05, 3.63) is 48.6 Å². The molecule has 0 saturated carbocycles. The molecule has 2 heterocycles. The van der Waals surface area contributed by atoms with E-state index in [1.54, 1.807) is 6.08 Å². The molecular formula is C66H121NO13. The van der Waals surface area contributed by atoms with Crippen LogP contribution in [-0.4, -0.2) is 140 Å². The molecule has 2 saturated heterocycles. The number of aliphatic hydroxyl groups excluding tert-OH is 8. The second-order valence-electron chi connectivity index (χ2n) is 23.2. The fourth-order valence-corrected chi connectivity index (χ4v) is 10.7. The van der Waals surface area contributed by atoms with Crippen molar-refractivity contribution >= 4 is 5.91 Å². The van der Waals surface area contributed by atoms with Gasteiger partial charge in [-0.25, -0.2) is 0 Å². The average Bonchev–Trinajstić information content (AvgIpc) is 3.49. The van der Waals surface area contributed by atoms with E-state index in [9.17, 15) is 45.6 Å². The predicted molar refractivity (Wildman–Crippen MR) is 323 cm³/mol. The van der Waals surface area contributed by atoms with Crippen LogP contribution in [0.3, 0.4) is 0 Å². The third kappa shape index (κ3) is 35.9. The van der Waals surface area contributed by atoms with E-state index in [1.165, 1.54) is 199 Å². The number of carbonyl (C=O) groups excluding carboxylic acids is 1. The maximum absolute atomic E-state index is 13.3. The zero-order chi connectivity index (χ0) is 58.1. The van der Waals surface area contributed by atoms with E-state index in [2.05, 4.69) is 55.6 Å². The van der Waals surface area contributed by atoms with Gasteiger partial charge in [0.15, 0.2) is 12.6 Å². The summed E-state index contributed by atoms with van der Waals surface area (Å²) >= 11 is 0. The number of hydrogen-bond donors (Lipinski definition) is 9. The monoisotopic (exact) mass is 1140 g/mol.